The SMILES string of the molecule is Cc1nc(NCc2ccccc2)sc1C(=O)Nc1ccc(Br)cc1. The highest BCUT2D eigenvalue weighted by Gasteiger charge is 2.15. The summed E-state index contributed by atoms with van der Waals surface area (Å²) in [5, 5.41) is 6.91. The first-order chi connectivity index (χ1) is 11.6. The summed E-state index contributed by atoms with van der Waals surface area (Å²) in [5.41, 5.74) is 2.66. The van der Waals surface area contributed by atoms with Crippen molar-refractivity contribution in [2.75, 3.05) is 10.6 Å². The number of aryl methyl sites for hydroxylation is 1. The number of amides is 1. The van der Waals surface area contributed by atoms with E-state index in [1.807, 2.05) is 49.4 Å². The van der Waals surface area contributed by atoms with Gasteiger partial charge in [-0.3, -0.25) is 4.79 Å². The van der Waals surface area contributed by atoms with E-state index >= 15 is 0 Å². The van der Waals surface area contributed by atoms with Gasteiger partial charge in [-0.1, -0.05) is 57.6 Å². The number of rotatable bonds is 5. The Morgan fingerprint density at radius 3 is 2.54 bits per heavy atom. The fourth-order valence-electron chi connectivity index (χ4n) is 2.18. The summed E-state index contributed by atoms with van der Waals surface area (Å²) in [6, 6.07) is 17.6. The molecule has 0 unspecified atom stereocenters. The van der Waals surface area contributed by atoms with Gasteiger partial charge in [-0.25, -0.2) is 4.98 Å². The molecule has 0 saturated heterocycles. The van der Waals surface area contributed by atoms with E-state index in [4.69, 9.17) is 0 Å². The van der Waals surface area contributed by atoms with Gasteiger partial charge in [-0.05, 0) is 36.8 Å². The molecule has 2 aromatic carbocycles. The minimum atomic E-state index is -0.139. The van der Waals surface area contributed by atoms with Crippen molar-refractivity contribution in [3.8, 4) is 0 Å². The number of hydrogen-bond donors (Lipinski definition) is 2. The molecule has 0 radical (unpaired) electrons. The molecule has 0 atom stereocenters. The zero-order valence-corrected chi connectivity index (χ0v) is 15.4. The molecule has 0 bridgehead atoms. The summed E-state index contributed by atoms with van der Waals surface area (Å²) < 4.78 is 0.974. The minimum Gasteiger partial charge on any atom is -0.357 e. The summed E-state index contributed by atoms with van der Waals surface area (Å²) in [5.74, 6) is -0.139. The molecule has 1 amide bonds. The van der Waals surface area contributed by atoms with E-state index in [0.29, 0.717) is 11.4 Å². The fourth-order valence-corrected chi connectivity index (χ4v) is 3.30. The number of halogens is 1. The Morgan fingerprint density at radius 1 is 1.12 bits per heavy atom. The lowest BCUT2D eigenvalue weighted by Gasteiger charge is -2.04. The minimum absolute atomic E-state index is 0.139. The topological polar surface area (TPSA) is 54.0 Å². The second-order valence-corrected chi connectivity index (χ2v) is 7.15. The van der Waals surface area contributed by atoms with E-state index < -0.39 is 0 Å². The normalized spacial score (nSPS) is 10.4. The van der Waals surface area contributed by atoms with Crippen LogP contribution in [0.1, 0.15) is 20.9 Å². The Labute approximate surface area is 153 Å². The molecule has 4 nitrogen and oxygen atoms in total. The molecule has 0 aliphatic carbocycles. The molecular formula is C18H16BrN3OS. The van der Waals surface area contributed by atoms with Crippen LogP contribution in [0.25, 0.3) is 0 Å². The largest absolute Gasteiger partial charge is 0.357 e. The molecule has 1 aromatic heterocycles. The summed E-state index contributed by atoms with van der Waals surface area (Å²) in [6.45, 7) is 2.53. The van der Waals surface area contributed by atoms with Gasteiger partial charge in [0.2, 0.25) is 0 Å². The van der Waals surface area contributed by atoms with Crippen LogP contribution in [0, 0.1) is 6.92 Å². The smallest absolute Gasteiger partial charge is 0.267 e. The number of nitrogens with one attached hydrogen (secondary N) is 2. The Balaban J connectivity index is 1.66. The zero-order valence-electron chi connectivity index (χ0n) is 13.0. The molecule has 0 fully saturated rings. The van der Waals surface area contributed by atoms with Gasteiger partial charge in [0.15, 0.2) is 5.13 Å². The van der Waals surface area contributed by atoms with E-state index in [1.54, 1.807) is 0 Å². The van der Waals surface area contributed by atoms with Crippen LogP contribution in [0.5, 0.6) is 0 Å². The van der Waals surface area contributed by atoms with Gasteiger partial charge >= 0.3 is 0 Å². The molecule has 6 heteroatoms. The van der Waals surface area contributed by atoms with Gasteiger partial charge < -0.3 is 10.6 Å². The van der Waals surface area contributed by atoms with Gasteiger partial charge in [0.1, 0.15) is 4.88 Å². The Morgan fingerprint density at radius 2 is 1.83 bits per heavy atom. The second-order valence-electron chi connectivity index (χ2n) is 5.23. The molecule has 24 heavy (non-hydrogen) atoms. The Hall–Kier alpha value is -2.18. The summed E-state index contributed by atoms with van der Waals surface area (Å²) in [6.07, 6.45) is 0. The second kappa shape index (κ2) is 7.59. The Bertz CT molecular complexity index is 831. The van der Waals surface area contributed by atoms with Crippen molar-refractivity contribution in [2.24, 2.45) is 0 Å². The van der Waals surface area contributed by atoms with Gasteiger partial charge in [-0.15, -0.1) is 0 Å². The monoisotopic (exact) mass is 401 g/mol. The predicted molar refractivity (Wildman–Crippen MR) is 103 cm³/mol. The van der Waals surface area contributed by atoms with Gasteiger partial charge in [0, 0.05) is 16.7 Å². The van der Waals surface area contributed by atoms with E-state index in [1.165, 1.54) is 16.9 Å². The van der Waals surface area contributed by atoms with Crippen LogP contribution < -0.4 is 10.6 Å². The molecular weight excluding hydrogens is 386 g/mol. The van der Waals surface area contributed by atoms with E-state index in [9.17, 15) is 4.79 Å². The first-order valence-electron chi connectivity index (χ1n) is 7.44. The van der Waals surface area contributed by atoms with Gasteiger partial charge in [0.05, 0.1) is 5.69 Å². The molecule has 0 aliphatic heterocycles. The van der Waals surface area contributed by atoms with Gasteiger partial charge in [0.25, 0.3) is 5.91 Å². The van der Waals surface area contributed by atoms with Gasteiger partial charge in [-0.2, -0.15) is 0 Å². The highest BCUT2D eigenvalue weighted by molar-refractivity contribution is 9.10. The lowest BCUT2D eigenvalue weighted by atomic mass is 10.2. The third kappa shape index (κ3) is 4.21. The quantitative estimate of drug-likeness (QED) is 0.626. The third-order valence-corrected chi connectivity index (χ3v) is 5.03. The van der Waals surface area contributed by atoms with Crippen LogP contribution in [0.4, 0.5) is 10.8 Å². The van der Waals surface area contributed by atoms with E-state index in [2.05, 4.69) is 43.7 Å². The number of hydrogen-bond acceptors (Lipinski definition) is 4. The van der Waals surface area contributed by atoms with Crippen LogP contribution in [0.3, 0.4) is 0 Å². The average molecular weight is 402 g/mol. The van der Waals surface area contributed by atoms with Crippen molar-refractivity contribution < 1.29 is 4.79 Å². The van der Waals surface area contributed by atoms with Crippen LogP contribution in [-0.2, 0) is 6.54 Å². The molecule has 0 spiro atoms. The fraction of sp³-hybridized carbons (Fsp3) is 0.111. The van der Waals surface area contributed by atoms with Crippen molar-refractivity contribution in [1.29, 1.82) is 0 Å². The summed E-state index contributed by atoms with van der Waals surface area (Å²) in [4.78, 5) is 17.5. The standard InChI is InChI=1S/C18H16BrN3OS/c1-12-16(17(23)22-15-9-7-14(19)8-10-15)24-18(21-12)20-11-13-5-3-2-4-6-13/h2-10H,11H2,1H3,(H,20,21)(H,22,23). The predicted octanol–water partition coefficient (Wildman–Crippen LogP) is 5.08. The molecule has 3 rings (SSSR count). The van der Waals surface area contributed by atoms with Crippen molar-refractivity contribution in [2.45, 2.75) is 13.5 Å². The number of nitrogens with zero attached hydrogens (tertiary/aromatic N) is 1. The number of carbonyl (C=O) groups excluding carboxylic acids is 1. The molecule has 0 aliphatic rings. The molecule has 122 valence electrons. The van der Waals surface area contributed by atoms with Crippen LogP contribution in [-0.4, -0.2) is 10.9 Å². The van der Waals surface area contributed by atoms with E-state index in [0.717, 1.165) is 21.0 Å². The zero-order chi connectivity index (χ0) is 16.9. The number of aromatic nitrogens is 1. The maximum absolute atomic E-state index is 12.4. The van der Waals surface area contributed by atoms with Crippen LogP contribution in [0.15, 0.2) is 59.1 Å². The van der Waals surface area contributed by atoms with Crippen LogP contribution in [0.2, 0.25) is 0 Å². The van der Waals surface area contributed by atoms with Crippen molar-refractivity contribution in [3.05, 3.63) is 75.2 Å². The molecule has 3 aromatic rings. The van der Waals surface area contributed by atoms with Crippen molar-refractivity contribution in [1.82, 2.24) is 4.98 Å². The average Bonchev–Trinajstić information content (AvgIpc) is 2.97. The molecule has 1 heterocycles. The summed E-state index contributed by atoms with van der Waals surface area (Å²) in [7, 11) is 0. The number of anilines is 2. The number of carbonyl (C=O) groups is 1. The maximum atomic E-state index is 12.4. The van der Waals surface area contributed by atoms with E-state index in [-0.39, 0.29) is 5.91 Å². The van der Waals surface area contributed by atoms with Crippen molar-refractivity contribution in [3.63, 3.8) is 0 Å². The number of benzene rings is 2. The summed E-state index contributed by atoms with van der Waals surface area (Å²) >= 11 is 4.74. The van der Waals surface area contributed by atoms with Crippen LogP contribution >= 0.6 is 27.3 Å². The molecule has 2 N–H and O–H groups in total. The Kier molecular flexibility index (Phi) is 5.27. The molecule has 0 saturated carbocycles. The third-order valence-electron chi connectivity index (χ3n) is 3.39. The van der Waals surface area contributed by atoms with Crippen molar-refractivity contribution >= 4 is 44.0 Å². The lowest BCUT2D eigenvalue weighted by Crippen LogP contribution is -2.11. The number of thiazole rings is 1. The highest BCUT2D eigenvalue weighted by Crippen LogP contribution is 2.24. The lowest BCUT2D eigenvalue weighted by molar-refractivity contribution is 0.103. The highest BCUT2D eigenvalue weighted by atomic mass is 79.9. The first-order valence-corrected chi connectivity index (χ1v) is 9.05. The first kappa shape index (κ1) is 16.7. The maximum Gasteiger partial charge on any atom is 0.267 e.